The van der Waals surface area contributed by atoms with Crippen LogP contribution in [0.2, 0.25) is 0 Å². The van der Waals surface area contributed by atoms with Gasteiger partial charge in [0.15, 0.2) is 0 Å². The Bertz CT molecular complexity index is 702. The SMILES string of the molecule is CCC1CCC(N(C(=O)c2ccc3c(c2)CCN3C(C)=O)C2CC2)CC1. The summed E-state index contributed by atoms with van der Waals surface area (Å²) in [6.45, 7) is 4.62. The van der Waals surface area contributed by atoms with Crippen molar-refractivity contribution in [3.8, 4) is 0 Å². The number of carbonyl (C=O) groups excluding carboxylic acids is 2. The molecule has 1 aromatic rings. The molecule has 4 heteroatoms. The Morgan fingerprint density at radius 3 is 2.31 bits per heavy atom. The van der Waals surface area contributed by atoms with E-state index in [4.69, 9.17) is 0 Å². The average Bonchev–Trinajstić information content (AvgIpc) is 3.39. The number of carbonyl (C=O) groups is 2. The van der Waals surface area contributed by atoms with Gasteiger partial charge in [0.05, 0.1) is 0 Å². The fourth-order valence-electron chi connectivity index (χ4n) is 4.82. The van der Waals surface area contributed by atoms with Crippen LogP contribution in [0.3, 0.4) is 0 Å². The standard InChI is InChI=1S/C22H30N2O2/c1-3-16-4-7-19(8-5-16)24(20-9-10-20)22(26)18-6-11-21-17(14-18)12-13-23(21)15(2)25/h6,11,14,16,19-20H,3-5,7-10,12-13H2,1-2H3. The highest BCUT2D eigenvalue weighted by molar-refractivity contribution is 5.98. The zero-order valence-electron chi connectivity index (χ0n) is 16.0. The topological polar surface area (TPSA) is 40.6 Å². The first-order valence-electron chi connectivity index (χ1n) is 10.3. The van der Waals surface area contributed by atoms with Gasteiger partial charge in [-0.25, -0.2) is 0 Å². The third kappa shape index (κ3) is 3.26. The van der Waals surface area contributed by atoms with Crippen LogP contribution in [-0.2, 0) is 11.2 Å². The van der Waals surface area contributed by atoms with Crippen LogP contribution in [0.1, 0.15) is 74.7 Å². The molecule has 0 saturated heterocycles. The van der Waals surface area contributed by atoms with Gasteiger partial charge in [-0.3, -0.25) is 9.59 Å². The molecule has 2 saturated carbocycles. The van der Waals surface area contributed by atoms with Crippen molar-refractivity contribution in [1.29, 1.82) is 0 Å². The Hall–Kier alpha value is -1.84. The molecule has 2 fully saturated rings. The van der Waals surface area contributed by atoms with Gasteiger partial charge in [0.1, 0.15) is 0 Å². The smallest absolute Gasteiger partial charge is 0.254 e. The number of benzene rings is 1. The molecule has 0 aromatic heterocycles. The van der Waals surface area contributed by atoms with Crippen LogP contribution in [-0.4, -0.2) is 35.3 Å². The van der Waals surface area contributed by atoms with Crippen LogP contribution in [0, 0.1) is 5.92 Å². The number of hydrogen-bond acceptors (Lipinski definition) is 2. The van der Waals surface area contributed by atoms with Gasteiger partial charge >= 0.3 is 0 Å². The van der Waals surface area contributed by atoms with Crippen molar-refractivity contribution in [3.05, 3.63) is 29.3 Å². The Labute approximate surface area is 156 Å². The molecule has 3 aliphatic rings. The van der Waals surface area contributed by atoms with Crippen molar-refractivity contribution in [3.63, 3.8) is 0 Å². The highest BCUT2D eigenvalue weighted by Crippen LogP contribution is 2.38. The first-order chi connectivity index (χ1) is 12.6. The lowest BCUT2D eigenvalue weighted by molar-refractivity contribution is -0.116. The lowest BCUT2D eigenvalue weighted by Crippen LogP contribution is -2.43. The van der Waals surface area contributed by atoms with E-state index in [0.29, 0.717) is 12.1 Å². The fraction of sp³-hybridized carbons (Fsp3) is 0.636. The maximum atomic E-state index is 13.3. The fourth-order valence-corrected chi connectivity index (χ4v) is 4.82. The summed E-state index contributed by atoms with van der Waals surface area (Å²) in [5, 5.41) is 0. The summed E-state index contributed by atoms with van der Waals surface area (Å²) in [6.07, 6.45) is 9.26. The van der Waals surface area contributed by atoms with E-state index in [9.17, 15) is 9.59 Å². The van der Waals surface area contributed by atoms with Crippen molar-refractivity contribution in [2.75, 3.05) is 11.4 Å². The van der Waals surface area contributed by atoms with Crippen LogP contribution >= 0.6 is 0 Å². The minimum atomic E-state index is 0.0788. The van der Waals surface area contributed by atoms with Crippen molar-refractivity contribution in [2.24, 2.45) is 5.92 Å². The minimum absolute atomic E-state index is 0.0788. The predicted octanol–water partition coefficient (Wildman–Crippen LogP) is 4.17. The molecular formula is C22H30N2O2. The van der Waals surface area contributed by atoms with E-state index < -0.39 is 0 Å². The molecule has 0 atom stereocenters. The van der Waals surface area contributed by atoms with Gasteiger partial charge in [0.2, 0.25) is 5.91 Å². The van der Waals surface area contributed by atoms with E-state index >= 15 is 0 Å². The number of rotatable bonds is 4. The number of fused-ring (bicyclic) bond motifs is 1. The molecule has 4 nitrogen and oxygen atoms in total. The second kappa shape index (κ2) is 7.05. The van der Waals surface area contributed by atoms with Gasteiger partial charge in [-0.1, -0.05) is 13.3 Å². The molecule has 1 aromatic carbocycles. The summed E-state index contributed by atoms with van der Waals surface area (Å²) >= 11 is 0. The van der Waals surface area contributed by atoms with Crippen LogP contribution in [0.15, 0.2) is 18.2 Å². The van der Waals surface area contributed by atoms with E-state index in [1.54, 1.807) is 6.92 Å². The first kappa shape index (κ1) is 17.6. The zero-order chi connectivity index (χ0) is 18.3. The summed E-state index contributed by atoms with van der Waals surface area (Å²) in [6, 6.07) is 6.80. The van der Waals surface area contributed by atoms with Gasteiger partial charge in [-0.15, -0.1) is 0 Å². The summed E-state index contributed by atoms with van der Waals surface area (Å²) in [7, 11) is 0. The Balaban J connectivity index is 1.53. The van der Waals surface area contributed by atoms with Crippen molar-refractivity contribution in [2.45, 2.75) is 77.3 Å². The number of amides is 2. The second-order valence-corrected chi connectivity index (χ2v) is 8.29. The minimum Gasteiger partial charge on any atom is -0.333 e. The lowest BCUT2D eigenvalue weighted by Gasteiger charge is -2.37. The predicted molar refractivity (Wildman–Crippen MR) is 103 cm³/mol. The van der Waals surface area contributed by atoms with E-state index in [2.05, 4.69) is 11.8 Å². The van der Waals surface area contributed by atoms with Crippen LogP contribution in [0.5, 0.6) is 0 Å². The molecule has 2 amide bonds. The third-order valence-corrected chi connectivity index (χ3v) is 6.56. The molecule has 140 valence electrons. The van der Waals surface area contributed by atoms with Crippen LogP contribution < -0.4 is 4.90 Å². The van der Waals surface area contributed by atoms with Gasteiger partial charge in [-0.05, 0) is 74.6 Å². The highest BCUT2D eigenvalue weighted by atomic mass is 16.2. The van der Waals surface area contributed by atoms with E-state index in [-0.39, 0.29) is 11.8 Å². The monoisotopic (exact) mass is 354 g/mol. The van der Waals surface area contributed by atoms with Crippen LogP contribution in [0.25, 0.3) is 0 Å². The number of anilines is 1. The highest BCUT2D eigenvalue weighted by Gasteiger charge is 2.39. The summed E-state index contributed by atoms with van der Waals surface area (Å²) in [4.78, 5) is 29.1. The molecule has 26 heavy (non-hydrogen) atoms. The van der Waals surface area contributed by atoms with E-state index in [1.165, 1.54) is 19.3 Å². The molecular weight excluding hydrogens is 324 g/mol. The maximum Gasteiger partial charge on any atom is 0.254 e. The Morgan fingerprint density at radius 2 is 1.73 bits per heavy atom. The Kier molecular flexibility index (Phi) is 4.76. The normalized spacial score (nSPS) is 25.1. The molecule has 0 unspecified atom stereocenters. The summed E-state index contributed by atoms with van der Waals surface area (Å²) < 4.78 is 0. The maximum absolute atomic E-state index is 13.3. The van der Waals surface area contributed by atoms with Crippen molar-refractivity contribution >= 4 is 17.5 Å². The van der Waals surface area contributed by atoms with Crippen molar-refractivity contribution in [1.82, 2.24) is 4.90 Å². The van der Waals surface area contributed by atoms with Crippen LogP contribution in [0.4, 0.5) is 5.69 Å². The molecule has 2 aliphatic carbocycles. The average molecular weight is 354 g/mol. The zero-order valence-corrected chi connectivity index (χ0v) is 16.0. The Morgan fingerprint density at radius 1 is 1.08 bits per heavy atom. The van der Waals surface area contributed by atoms with Gasteiger partial charge in [-0.2, -0.15) is 0 Å². The molecule has 0 spiro atoms. The van der Waals surface area contributed by atoms with Crippen molar-refractivity contribution < 1.29 is 9.59 Å². The molecule has 0 N–H and O–H groups in total. The number of hydrogen-bond donors (Lipinski definition) is 0. The second-order valence-electron chi connectivity index (χ2n) is 8.29. The molecule has 1 heterocycles. The summed E-state index contributed by atoms with van der Waals surface area (Å²) in [5.41, 5.74) is 2.92. The lowest BCUT2D eigenvalue weighted by atomic mass is 9.83. The molecule has 1 aliphatic heterocycles. The summed E-state index contributed by atoms with van der Waals surface area (Å²) in [5.74, 6) is 1.13. The molecule has 0 bridgehead atoms. The van der Waals surface area contributed by atoms with Gasteiger partial charge in [0.25, 0.3) is 5.91 Å². The van der Waals surface area contributed by atoms with Gasteiger partial charge < -0.3 is 9.80 Å². The number of nitrogens with zero attached hydrogens (tertiary/aromatic N) is 2. The third-order valence-electron chi connectivity index (χ3n) is 6.56. The quantitative estimate of drug-likeness (QED) is 0.814. The molecule has 0 radical (unpaired) electrons. The largest absolute Gasteiger partial charge is 0.333 e. The molecule has 4 rings (SSSR count). The first-order valence-corrected chi connectivity index (χ1v) is 10.3. The van der Waals surface area contributed by atoms with E-state index in [1.807, 2.05) is 23.1 Å². The van der Waals surface area contributed by atoms with E-state index in [0.717, 1.165) is 61.4 Å². The van der Waals surface area contributed by atoms with Gasteiger partial charge in [0, 0.05) is 36.8 Å².